The third-order valence-electron chi connectivity index (χ3n) is 2.27. The molecule has 0 aromatic carbocycles. The van der Waals surface area contributed by atoms with Crippen molar-refractivity contribution in [2.45, 2.75) is 6.42 Å². The number of hydrogen-bond donors (Lipinski definition) is 0. The van der Waals surface area contributed by atoms with Crippen LogP contribution in [0, 0.1) is 5.82 Å². The molecule has 7 heteroatoms. The van der Waals surface area contributed by atoms with Crippen LogP contribution in [0.4, 0.5) is 10.3 Å². The lowest BCUT2D eigenvalue weighted by Gasteiger charge is -2.21. The van der Waals surface area contributed by atoms with Crippen LogP contribution in [0.25, 0.3) is 0 Å². The highest BCUT2D eigenvalue weighted by Gasteiger charge is 2.11. The van der Waals surface area contributed by atoms with E-state index in [9.17, 15) is 9.18 Å². The summed E-state index contributed by atoms with van der Waals surface area (Å²) >= 11 is 0. The number of methoxy groups -OCH3 is 2. The van der Waals surface area contributed by atoms with Crippen LogP contribution >= 0.6 is 0 Å². The van der Waals surface area contributed by atoms with E-state index in [2.05, 4.69) is 14.7 Å². The fourth-order valence-corrected chi connectivity index (χ4v) is 1.31. The van der Waals surface area contributed by atoms with E-state index in [1.54, 1.807) is 12.0 Å². The number of hydrogen-bond acceptors (Lipinski definition) is 6. The molecule has 1 aromatic rings. The van der Waals surface area contributed by atoms with E-state index < -0.39 is 5.82 Å². The number of halogens is 1. The molecule has 1 aromatic heterocycles. The molecule has 0 spiro atoms. The van der Waals surface area contributed by atoms with Gasteiger partial charge in [0, 0.05) is 20.2 Å². The second kappa shape index (κ2) is 7.54. The summed E-state index contributed by atoms with van der Waals surface area (Å²) in [5, 5.41) is 0. The molecule has 0 saturated heterocycles. The maximum atomic E-state index is 12.7. The summed E-state index contributed by atoms with van der Waals surface area (Å²) in [5.74, 6) is -0.463. The predicted molar refractivity (Wildman–Crippen MR) is 62.7 cm³/mol. The number of rotatable bonds is 7. The van der Waals surface area contributed by atoms with Gasteiger partial charge in [0.05, 0.1) is 32.5 Å². The Labute approximate surface area is 105 Å². The first-order valence-electron chi connectivity index (χ1n) is 5.45. The van der Waals surface area contributed by atoms with Crippen molar-refractivity contribution in [2.75, 3.05) is 38.8 Å². The third-order valence-corrected chi connectivity index (χ3v) is 2.27. The Kier molecular flexibility index (Phi) is 5.99. The molecule has 100 valence electrons. The van der Waals surface area contributed by atoms with E-state index in [0.717, 1.165) is 12.4 Å². The molecular weight excluding hydrogens is 241 g/mol. The molecule has 0 bridgehead atoms. The monoisotopic (exact) mass is 257 g/mol. The largest absolute Gasteiger partial charge is 0.469 e. The van der Waals surface area contributed by atoms with Crippen molar-refractivity contribution >= 4 is 11.9 Å². The van der Waals surface area contributed by atoms with Crippen molar-refractivity contribution in [3.63, 3.8) is 0 Å². The number of nitrogens with zero attached hydrogens (tertiary/aromatic N) is 3. The van der Waals surface area contributed by atoms with Crippen molar-refractivity contribution in [3.8, 4) is 0 Å². The number of carbonyl (C=O) groups is 1. The van der Waals surface area contributed by atoms with Gasteiger partial charge in [-0.3, -0.25) is 4.79 Å². The molecule has 0 saturated carbocycles. The van der Waals surface area contributed by atoms with Gasteiger partial charge in [-0.15, -0.1) is 0 Å². The van der Waals surface area contributed by atoms with Crippen molar-refractivity contribution in [1.82, 2.24) is 9.97 Å². The quantitative estimate of drug-likeness (QED) is 0.668. The van der Waals surface area contributed by atoms with Gasteiger partial charge in [-0.2, -0.15) is 0 Å². The Bertz CT molecular complexity index is 372. The van der Waals surface area contributed by atoms with E-state index in [0.29, 0.717) is 25.6 Å². The Morgan fingerprint density at radius 1 is 1.33 bits per heavy atom. The maximum Gasteiger partial charge on any atom is 0.307 e. The summed E-state index contributed by atoms with van der Waals surface area (Å²) in [6.07, 6.45) is 2.38. The van der Waals surface area contributed by atoms with Crippen molar-refractivity contribution in [1.29, 1.82) is 0 Å². The van der Waals surface area contributed by atoms with Crippen molar-refractivity contribution in [3.05, 3.63) is 18.2 Å². The fourth-order valence-electron chi connectivity index (χ4n) is 1.31. The lowest BCUT2D eigenvalue weighted by molar-refractivity contribution is -0.140. The lowest BCUT2D eigenvalue weighted by Crippen LogP contribution is -2.31. The molecule has 0 aliphatic carbocycles. The van der Waals surface area contributed by atoms with Gasteiger partial charge in [0.25, 0.3) is 0 Å². The van der Waals surface area contributed by atoms with Gasteiger partial charge in [0.15, 0.2) is 5.82 Å². The van der Waals surface area contributed by atoms with Gasteiger partial charge in [-0.25, -0.2) is 14.4 Å². The Balaban J connectivity index is 2.64. The highest BCUT2D eigenvalue weighted by atomic mass is 19.1. The van der Waals surface area contributed by atoms with E-state index in [-0.39, 0.29) is 12.4 Å². The van der Waals surface area contributed by atoms with Gasteiger partial charge < -0.3 is 14.4 Å². The van der Waals surface area contributed by atoms with Crippen LogP contribution in [-0.4, -0.2) is 49.9 Å². The molecule has 0 unspecified atom stereocenters. The molecule has 1 heterocycles. The normalized spacial score (nSPS) is 10.2. The number of ether oxygens (including phenoxy) is 2. The first-order chi connectivity index (χ1) is 8.67. The highest BCUT2D eigenvalue weighted by molar-refractivity contribution is 5.69. The van der Waals surface area contributed by atoms with Crippen LogP contribution < -0.4 is 4.90 Å². The van der Waals surface area contributed by atoms with Crippen LogP contribution in [0.15, 0.2) is 12.4 Å². The van der Waals surface area contributed by atoms with Crippen LogP contribution in [-0.2, 0) is 14.3 Å². The van der Waals surface area contributed by atoms with E-state index in [4.69, 9.17) is 4.74 Å². The molecule has 18 heavy (non-hydrogen) atoms. The summed E-state index contributed by atoms with van der Waals surface area (Å²) in [5.41, 5.74) is 0. The smallest absolute Gasteiger partial charge is 0.307 e. The van der Waals surface area contributed by atoms with Crippen LogP contribution in [0.2, 0.25) is 0 Å². The fraction of sp³-hybridized carbons (Fsp3) is 0.545. The maximum absolute atomic E-state index is 12.7. The average Bonchev–Trinajstić information content (AvgIpc) is 2.40. The summed E-state index contributed by atoms with van der Waals surface area (Å²) in [6, 6.07) is 0. The molecule has 0 amide bonds. The zero-order valence-electron chi connectivity index (χ0n) is 10.4. The molecule has 0 aliphatic heterocycles. The summed E-state index contributed by atoms with van der Waals surface area (Å²) in [4.78, 5) is 20.6. The first-order valence-corrected chi connectivity index (χ1v) is 5.45. The molecule has 0 aliphatic rings. The third kappa shape index (κ3) is 4.62. The molecule has 0 radical (unpaired) electrons. The zero-order chi connectivity index (χ0) is 13.4. The number of anilines is 1. The van der Waals surface area contributed by atoms with Gasteiger partial charge in [0.2, 0.25) is 5.95 Å². The van der Waals surface area contributed by atoms with Gasteiger partial charge in [0.1, 0.15) is 0 Å². The Hall–Kier alpha value is -1.76. The average molecular weight is 257 g/mol. The molecule has 0 atom stereocenters. The minimum Gasteiger partial charge on any atom is -0.469 e. The second-order valence-electron chi connectivity index (χ2n) is 3.51. The van der Waals surface area contributed by atoms with Crippen molar-refractivity contribution < 1.29 is 18.7 Å². The number of carbonyl (C=O) groups excluding carboxylic acids is 1. The van der Waals surface area contributed by atoms with Crippen LogP contribution in [0.3, 0.4) is 0 Å². The van der Waals surface area contributed by atoms with Gasteiger partial charge in [-0.1, -0.05) is 0 Å². The minimum atomic E-state index is -0.501. The summed E-state index contributed by atoms with van der Waals surface area (Å²) < 4.78 is 22.3. The standard InChI is InChI=1S/C11H16FN3O3/c1-17-6-5-15(4-3-10(16)18-2)11-13-7-9(12)8-14-11/h7-8H,3-6H2,1-2H3. The SMILES string of the molecule is COCCN(CCC(=O)OC)c1ncc(F)cn1. The predicted octanol–water partition coefficient (Wildman–Crippen LogP) is 0.632. The van der Waals surface area contributed by atoms with E-state index in [1.807, 2.05) is 0 Å². The van der Waals surface area contributed by atoms with Crippen molar-refractivity contribution in [2.24, 2.45) is 0 Å². The Morgan fingerprint density at radius 2 is 2.00 bits per heavy atom. The summed E-state index contributed by atoms with van der Waals surface area (Å²) in [7, 11) is 2.90. The lowest BCUT2D eigenvalue weighted by atomic mass is 10.4. The second-order valence-corrected chi connectivity index (χ2v) is 3.51. The Morgan fingerprint density at radius 3 is 2.56 bits per heavy atom. The van der Waals surface area contributed by atoms with E-state index in [1.165, 1.54) is 7.11 Å². The topological polar surface area (TPSA) is 64.5 Å². The number of aromatic nitrogens is 2. The molecule has 0 N–H and O–H groups in total. The molecule has 6 nitrogen and oxygen atoms in total. The highest BCUT2D eigenvalue weighted by Crippen LogP contribution is 2.07. The molecule has 0 fully saturated rings. The van der Waals surface area contributed by atoms with Gasteiger partial charge in [-0.05, 0) is 0 Å². The van der Waals surface area contributed by atoms with Crippen LogP contribution in [0.5, 0.6) is 0 Å². The van der Waals surface area contributed by atoms with E-state index >= 15 is 0 Å². The van der Waals surface area contributed by atoms with Gasteiger partial charge >= 0.3 is 5.97 Å². The summed E-state index contributed by atoms with van der Waals surface area (Å²) in [6.45, 7) is 1.36. The minimum absolute atomic E-state index is 0.209. The number of esters is 1. The molecular formula is C11H16FN3O3. The molecule has 1 rings (SSSR count). The zero-order valence-corrected chi connectivity index (χ0v) is 10.4. The first kappa shape index (κ1) is 14.3. The van der Waals surface area contributed by atoms with Crippen LogP contribution in [0.1, 0.15) is 6.42 Å².